The van der Waals surface area contributed by atoms with Crippen molar-refractivity contribution in [3.63, 3.8) is 0 Å². The molecule has 1 aromatic rings. The lowest BCUT2D eigenvalue weighted by Crippen LogP contribution is -2.38. The van der Waals surface area contributed by atoms with Gasteiger partial charge < -0.3 is 14.4 Å². The van der Waals surface area contributed by atoms with E-state index in [0.717, 1.165) is 0 Å². The number of benzene rings is 1. The number of esters is 1. The first-order valence-corrected chi connectivity index (χ1v) is 10.7. The molecule has 0 aromatic heterocycles. The number of amides is 1. The van der Waals surface area contributed by atoms with Crippen LogP contribution in [-0.2, 0) is 20.7 Å². The lowest BCUT2D eigenvalue weighted by molar-refractivity contribution is -0.161. The van der Waals surface area contributed by atoms with Crippen LogP contribution in [0.4, 0.5) is 9.18 Å². The van der Waals surface area contributed by atoms with Crippen LogP contribution in [0.5, 0.6) is 0 Å². The summed E-state index contributed by atoms with van der Waals surface area (Å²) in [6.07, 6.45) is 0.633. The first-order chi connectivity index (χ1) is 13.2. The van der Waals surface area contributed by atoms with Crippen molar-refractivity contribution in [1.82, 2.24) is 4.90 Å². The topological polar surface area (TPSA) is 55.8 Å². The van der Waals surface area contributed by atoms with Crippen LogP contribution in [0.15, 0.2) is 22.7 Å². The largest absolute Gasteiger partial charge is 0.460 e. The minimum absolute atomic E-state index is 0.0839. The van der Waals surface area contributed by atoms with Crippen LogP contribution >= 0.6 is 15.9 Å². The zero-order valence-electron chi connectivity index (χ0n) is 18.1. The molecule has 1 aliphatic rings. The molecular weight excluding hydrogens is 441 g/mol. The van der Waals surface area contributed by atoms with Crippen LogP contribution in [0.1, 0.15) is 53.5 Å². The van der Waals surface area contributed by atoms with E-state index < -0.39 is 17.1 Å². The van der Waals surface area contributed by atoms with Gasteiger partial charge in [0.2, 0.25) is 0 Å². The molecule has 0 aliphatic carbocycles. The molecular formula is C22H31BrFNO4. The van der Waals surface area contributed by atoms with Crippen molar-refractivity contribution in [2.45, 2.75) is 65.6 Å². The Kier molecular flexibility index (Phi) is 7.36. The molecule has 0 radical (unpaired) electrons. The third-order valence-corrected chi connectivity index (χ3v) is 4.99. The standard InChI is InChI=1S/C22H31BrFNO4/c1-21(2,3)28-19(26)18(11-14-9-16(23)12-17(24)10-14)15-7-8-25(13-15)20(27)29-22(4,5)6/h9-10,12,15,18H,7-8,11,13H2,1-6H3. The number of likely N-dealkylation sites (tertiary alicyclic amines) is 1. The minimum atomic E-state index is -0.624. The van der Waals surface area contributed by atoms with Gasteiger partial charge in [0, 0.05) is 17.6 Å². The van der Waals surface area contributed by atoms with Crippen molar-refractivity contribution in [3.05, 3.63) is 34.1 Å². The quantitative estimate of drug-likeness (QED) is 0.555. The Hall–Kier alpha value is -1.63. The molecule has 1 saturated heterocycles. The summed E-state index contributed by atoms with van der Waals surface area (Å²) in [5.74, 6) is -1.25. The summed E-state index contributed by atoms with van der Waals surface area (Å²) < 4.78 is 25.6. The molecule has 1 amide bonds. The van der Waals surface area contributed by atoms with Crippen molar-refractivity contribution in [2.24, 2.45) is 11.8 Å². The highest BCUT2D eigenvalue weighted by Gasteiger charge is 2.39. The Labute approximate surface area is 181 Å². The summed E-state index contributed by atoms with van der Waals surface area (Å²) in [6, 6.07) is 4.62. The number of hydrogen-bond acceptors (Lipinski definition) is 4. The zero-order chi connectivity index (χ0) is 22.0. The van der Waals surface area contributed by atoms with Gasteiger partial charge in [0.25, 0.3) is 0 Å². The molecule has 29 heavy (non-hydrogen) atoms. The van der Waals surface area contributed by atoms with Crippen molar-refractivity contribution < 1.29 is 23.5 Å². The van der Waals surface area contributed by atoms with Gasteiger partial charge in [0.05, 0.1) is 5.92 Å². The first-order valence-electron chi connectivity index (χ1n) is 9.89. The molecule has 1 heterocycles. The number of hydrogen-bond donors (Lipinski definition) is 0. The Morgan fingerprint density at radius 3 is 2.31 bits per heavy atom. The monoisotopic (exact) mass is 471 g/mol. The van der Waals surface area contributed by atoms with Crippen LogP contribution in [-0.4, -0.2) is 41.3 Å². The lowest BCUT2D eigenvalue weighted by Gasteiger charge is -2.28. The number of halogens is 2. The fraction of sp³-hybridized carbons (Fsp3) is 0.636. The second-order valence-corrected chi connectivity index (χ2v) is 10.5. The summed E-state index contributed by atoms with van der Waals surface area (Å²) >= 11 is 3.30. The van der Waals surface area contributed by atoms with Crippen molar-refractivity contribution >= 4 is 28.0 Å². The Morgan fingerprint density at radius 1 is 1.14 bits per heavy atom. The minimum Gasteiger partial charge on any atom is -0.460 e. The zero-order valence-corrected chi connectivity index (χ0v) is 19.6. The van der Waals surface area contributed by atoms with E-state index in [1.807, 2.05) is 41.5 Å². The maximum Gasteiger partial charge on any atom is 0.410 e. The third-order valence-electron chi connectivity index (χ3n) is 4.53. The Bertz CT molecular complexity index is 734. The van der Waals surface area contributed by atoms with E-state index in [1.54, 1.807) is 11.0 Å². The second kappa shape index (κ2) is 9.02. The Balaban J connectivity index is 2.19. The molecule has 1 fully saturated rings. The van der Waals surface area contributed by atoms with E-state index in [9.17, 15) is 14.0 Å². The molecule has 7 heteroatoms. The van der Waals surface area contributed by atoms with Gasteiger partial charge >= 0.3 is 12.1 Å². The summed E-state index contributed by atoms with van der Waals surface area (Å²) in [6.45, 7) is 11.9. The molecule has 1 aliphatic heterocycles. The van der Waals surface area contributed by atoms with Gasteiger partial charge in [-0.15, -0.1) is 0 Å². The lowest BCUT2D eigenvalue weighted by atomic mass is 9.86. The molecule has 0 spiro atoms. The number of ether oxygens (including phenoxy) is 2. The average molecular weight is 472 g/mol. The maximum absolute atomic E-state index is 13.8. The van der Waals surface area contributed by atoms with Gasteiger partial charge in [-0.25, -0.2) is 9.18 Å². The normalized spacial score (nSPS) is 18.5. The fourth-order valence-corrected chi connectivity index (χ4v) is 3.92. The van der Waals surface area contributed by atoms with Crippen molar-refractivity contribution in [3.8, 4) is 0 Å². The van der Waals surface area contributed by atoms with E-state index in [2.05, 4.69) is 15.9 Å². The van der Waals surface area contributed by atoms with Gasteiger partial charge in [0.1, 0.15) is 17.0 Å². The SMILES string of the molecule is CC(C)(C)OC(=O)C(Cc1cc(F)cc(Br)c1)C1CCN(C(=O)OC(C)(C)C)C1. The van der Waals surface area contributed by atoms with Gasteiger partial charge in [-0.05, 0) is 84.1 Å². The van der Waals surface area contributed by atoms with E-state index in [0.29, 0.717) is 36.0 Å². The van der Waals surface area contributed by atoms with E-state index in [-0.39, 0.29) is 23.8 Å². The smallest absolute Gasteiger partial charge is 0.410 e. The molecule has 2 rings (SSSR count). The Morgan fingerprint density at radius 2 is 1.76 bits per heavy atom. The number of nitrogens with zero attached hydrogens (tertiary/aromatic N) is 1. The number of carbonyl (C=O) groups excluding carboxylic acids is 2. The van der Waals surface area contributed by atoms with Gasteiger partial charge in [-0.1, -0.05) is 15.9 Å². The molecule has 0 saturated carbocycles. The summed E-state index contributed by atoms with van der Waals surface area (Å²) in [4.78, 5) is 27.0. The number of rotatable bonds is 4. The summed E-state index contributed by atoms with van der Waals surface area (Å²) in [7, 11) is 0. The van der Waals surface area contributed by atoms with E-state index >= 15 is 0 Å². The molecule has 2 unspecified atom stereocenters. The van der Waals surface area contributed by atoms with E-state index in [4.69, 9.17) is 9.47 Å². The van der Waals surface area contributed by atoms with E-state index in [1.165, 1.54) is 12.1 Å². The second-order valence-electron chi connectivity index (χ2n) is 9.60. The predicted octanol–water partition coefficient (Wildman–Crippen LogP) is 5.35. The molecule has 162 valence electrons. The molecule has 0 N–H and O–H groups in total. The van der Waals surface area contributed by atoms with Gasteiger partial charge in [0.15, 0.2) is 0 Å². The van der Waals surface area contributed by atoms with Crippen LogP contribution in [0.3, 0.4) is 0 Å². The van der Waals surface area contributed by atoms with Crippen LogP contribution in [0.25, 0.3) is 0 Å². The highest BCUT2D eigenvalue weighted by Crippen LogP contribution is 2.31. The molecule has 2 atom stereocenters. The molecule has 0 bridgehead atoms. The predicted molar refractivity (Wildman–Crippen MR) is 113 cm³/mol. The van der Waals surface area contributed by atoms with Crippen LogP contribution < -0.4 is 0 Å². The van der Waals surface area contributed by atoms with Gasteiger partial charge in [-0.2, -0.15) is 0 Å². The fourth-order valence-electron chi connectivity index (χ4n) is 3.41. The molecule has 1 aromatic carbocycles. The summed E-state index contributed by atoms with van der Waals surface area (Å²) in [5.41, 5.74) is -0.488. The van der Waals surface area contributed by atoms with Crippen LogP contribution in [0.2, 0.25) is 0 Å². The maximum atomic E-state index is 13.8. The average Bonchev–Trinajstić information content (AvgIpc) is 2.98. The van der Waals surface area contributed by atoms with Crippen molar-refractivity contribution in [1.29, 1.82) is 0 Å². The number of carbonyl (C=O) groups is 2. The molecule has 5 nitrogen and oxygen atoms in total. The highest BCUT2D eigenvalue weighted by molar-refractivity contribution is 9.10. The third kappa shape index (κ3) is 7.61. The highest BCUT2D eigenvalue weighted by atomic mass is 79.9. The van der Waals surface area contributed by atoms with Crippen molar-refractivity contribution in [2.75, 3.05) is 13.1 Å². The summed E-state index contributed by atoms with van der Waals surface area (Å²) in [5, 5.41) is 0. The first kappa shape index (κ1) is 23.6. The van der Waals surface area contributed by atoms with Crippen LogP contribution in [0, 0.1) is 17.7 Å². The van der Waals surface area contributed by atoms with Gasteiger partial charge in [-0.3, -0.25) is 4.79 Å².